The molecule has 1 aromatic rings. The molecule has 2 heterocycles. The zero-order chi connectivity index (χ0) is 15.1. The Hall–Kier alpha value is -1.92. The van der Waals surface area contributed by atoms with Crippen LogP contribution < -0.4 is 4.90 Å². The Balaban J connectivity index is 2.16. The maximum absolute atomic E-state index is 12.5. The lowest BCUT2D eigenvalue weighted by Gasteiger charge is -2.10. The SMILES string of the molecule is C=CCN1C(=O)/C(=C2/C(=O)N(C)c3ccccc32)SC1=S. The number of thioether (sulfide) groups is 1. The third-order valence-electron chi connectivity index (χ3n) is 3.44. The first kappa shape index (κ1) is 14.0. The molecule has 3 rings (SSSR count). The second-order valence-electron chi connectivity index (χ2n) is 4.66. The van der Waals surface area contributed by atoms with Crippen molar-refractivity contribution in [3.05, 3.63) is 47.4 Å². The van der Waals surface area contributed by atoms with Crippen molar-refractivity contribution in [3.8, 4) is 0 Å². The van der Waals surface area contributed by atoms with Crippen molar-refractivity contribution < 1.29 is 9.59 Å². The highest BCUT2D eigenvalue weighted by molar-refractivity contribution is 8.26. The van der Waals surface area contributed by atoms with Gasteiger partial charge in [0.1, 0.15) is 4.32 Å². The molecule has 1 aromatic carbocycles. The number of rotatable bonds is 2. The molecule has 106 valence electrons. The molecule has 1 saturated heterocycles. The Kier molecular flexibility index (Phi) is 3.43. The molecule has 0 aliphatic carbocycles. The van der Waals surface area contributed by atoms with Crippen LogP contribution in [0.25, 0.3) is 5.57 Å². The van der Waals surface area contributed by atoms with E-state index in [9.17, 15) is 9.59 Å². The first-order chi connectivity index (χ1) is 10.1. The van der Waals surface area contributed by atoms with Crippen molar-refractivity contribution >= 4 is 51.4 Å². The van der Waals surface area contributed by atoms with Crippen LogP contribution in [0.3, 0.4) is 0 Å². The standard InChI is InChI=1S/C15H12N2O2S2/c1-3-8-17-14(19)12(21-15(17)20)11-9-6-4-5-7-10(9)16(2)13(11)18/h3-7H,1,8H2,2H3/b12-11-. The van der Waals surface area contributed by atoms with Gasteiger partial charge >= 0.3 is 0 Å². The minimum atomic E-state index is -0.224. The van der Waals surface area contributed by atoms with Gasteiger partial charge in [0.2, 0.25) is 0 Å². The van der Waals surface area contributed by atoms with E-state index in [-0.39, 0.29) is 11.8 Å². The van der Waals surface area contributed by atoms with E-state index in [1.54, 1.807) is 18.0 Å². The van der Waals surface area contributed by atoms with E-state index in [4.69, 9.17) is 12.2 Å². The quantitative estimate of drug-likeness (QED) is 0.477. The first-order valence-electron chi connectivity index (χ1n) is 6.32. The number of benzene rings is 1. The van der Waals surface area contributed by atoms with Gasteiger partial charge in [-0.25, -0.2) is 0 Å². The molecule has 0 radical (unpaired) electrons. The molecule has 2 aliphatic heterocycles. The van der Waals surface area contributed by atoms with Gasteiger partial charge in [-0.2, -0.15) is 0 Å². The van der Waals surface area contributed by atoms with Gasteiger partial charge in [-0.3, -0.25) is 14.5 Å². The van der Waals surface area contributed by atoms with E-state index >= 15 is 0 Å². The summed E-state index contributed by atoms with van der Waals surface area (Å²) < 4.78 is 0.460. The van der Waals surface area contributed by atoms with Crippen LogP contribution in [-0.2, 0) is 9.59 Å². The number of anilines is 1. The third-order valence-corrected chi connectivity index (χ3v) is 4.89. The largest absolute Gasteiger partial charge is 0.311 e. The fourth-order valence-electron chi connectivity index (χ4n) is 2.43. The Morgan fingerprint density at radius 1 is 1.29 bits per heavy atom. The Morgan fingerprint density at radius 3 is 2.71 bits per heavy atom. The molecule has 0 aromatic heterocycles. The molecular formula is C15H12N2O2S2. The fourth-order valence-corrected chi connectivity index (χ4v) is 3.77. The lowest BCUT2D eigenvalue weighted by molar-refractivity contribution is -0.122. The summed E-state index contributed by atoms with van der Waals surface area (Å²) in [7, 11) is 1.71. The van der Waals surface area contributed by atoms with E-state index < -0.39 is 0 Å². The number of thiocarbonyl (C=S) groups is 1. The number of hydrogen-bond acceptors (Lipinski definition) is 4. The Bertz CT molecular complexity index is 724. The maximum Gasteiger partial charge on any atom is 0.267 e. The van der Waals surface area contributed by atoms with Gasteiger partial charge in [-0.1, -0.05) is 48.3 Å². The lowest BCUT2D eigenvalue weighted by Crippen LogP contribution is -2.28. The van der Waals surface area contributed by atoms with Gasteiger partial charge in [0.25, 0.3) is 11.8 Å². The van der Waals surface area contributed by atoms with Gasteiger partial charge in [0.05, 0.1) is 16.2 Å². The average molecular weight is 316 g/mol. The smallest absolute Gasteiger partial charge is 0.267 e. The number of amides is 2. The van der Waals surface area contributed by atoms with Crippen LogP contribution in [0.15, 0.2) is 41.8 Å². The van der Waals surface area contributed by atoms with E-state index in [1.165, 1.54) is 16.7 Å². The Morgan fingerprint density at radius 2 is 2.00 bits per heavy atom. The van der Waals surface area contributed by atoms with Crippen molar-refractivity contribution in [1.29, 1.82) is 0 Å². The molecule has 0 saturated carbocycles. The third kappa shape index (κ3) is 2.02. The molecule has 0 unspecified atom stereocenters. The number of nitrogens with zero attached hydrogens (tertiary/aromatic N) is 2. The van der Waals surface area contributed by atoms with Crippen LogP contribution in [0.2, 0.25) is 0 Å². The van der Waals surface area contributed by atoms with Crippen molar-refractivity contribution in [3.63, 3.8) is 0 Å². The van der Waals surface area contributed by atoms with Gasteiger partial charge in [-0.05, 0) is 6.07 Å². The van der Waals surface area contributed by atoms with Crippen molar-refractivity contribution in [2.24, 2.45) is 0 Å². The molecule has 0 atom stereocenters. The monoisotopic (exact) mass is 316 g/mol. The zero-order valence-electron chi connectivity index (χ0n) is 11.3. The molecule has 6 heteroatoms. The van der Waals surface area contributed by atoms with Crippen molar-refractivity contribution in [2.45, 2.75) is 0 Å². The summed E-state index contributed by atoms with van der Waals surface area (Å²) in [5, 5.41) is 0. The minimum absolute atomic E-state index is 0.171. The van der Waals surface area contributed by atoms with Gasteiger partial charge < -0.3 is 4.90 Å². The topological polar surface area (TPSA) is 40.6 Å². The van der Waals surface area contributed by atoms with E-state index in [1.807, 2.05) is 24.3 Å². The number of hydrogen-bond donors (Lipinski definition) is 0. The summed E-state index contributed by atoms with van der Waals surface area (Å²) in [5.41, 5.74) is 2.03. The van der Waals surface area contributed by atoms with Crippen LogP contribution >= 0.6 is 24.0 Å². The van der Waals surface area contributed by atoms with Gasteiger partial charge in [0.15, 0.2) is 0 Å². The second kappa shape index (κ2) is 5.13. The van der Waals surface area contributed by atoms with Crippen LogP contribution in [-0.4, -0.2) is 34.6 Å². The molecule has 2 amide bonds. The van der Waals surface area contributed by atoms with Gasteiger partial charge in [-0.15, -0.1) is 6.58 Å². The summed E-state index contributed by atoms with van der Waals surface area (Å²) in [6.45, 7) is 3.98. The summed E-state index contributed by atoms with van der Waals surface area (Å²) >= 11 is 6.40. The fraction of sp³-hybridized carbons (Fsp3) is 0.133. The maximum atomic E-state index is 12.5. The van der Waals surface area contributed by atoms with Crippen molar-refractivity contribution in [1.82, 2.24) is 4.90 Å². The number of carbonyl (C=O) groups excluding carboxylic acids is 2. The molecule has 21 heavy (non-hydrogen) atoms. The minimum Gasteiger partial charge on any atom is -0.311 e. The molecule has 0 spiro atoms. The predicted molar refractivity (Wildman–Crippen MR) is 88.9 cm³/mol. The summed E-state index contributed by atoms with van der Waals surface area (Å²) in [4.78, 5) is 28.4. The summed E-state index contributed by atoms with van der Waals surface area (Å²) in [6.07, 6.45) is 1.62. The van der Waals surface area contributed by atoms with E-state index in [2.05, 4.69) is 6.58 Å². The van der Waals surface area contributed by atoms with Crippen LogP contribution in [0.5, 0.6) is 0 Å². The molecule has 2 aliphatic rings. The molecule has 4 nitrogen and oxygen atoms in total. The van der Waals surface area contributed by atoms with E-state index in [0.29, 0.717) is 21.3 Å². The number of fused-ring (bicyclic) bond motifs is 1. The molecule has 0 bridgehead atoms. The highest BCUT2D eigenvalue weighted by Gasteiger charge is 2.40. The zero-order valence-corrected chi connectivity index (χ0v) is 13.0. The number of para-hydroxylation sites is 1. The second-order valence-corrected chi connectivity index (χ2v) is 6.30. The van der Waals surface area contributed by atoms with Crippen LogP contribution in [0.1, 0.15) is 5.56 Å². The predicted octanol–water partition coefficient (Wildman–Crippen LogP) is 2.42. The van der Waals surface area contributed by atoms with E-state index in [0.717, 1.165) is 11.3 Å². The first-order valence-corrected chi connectivity index (χ1v) is 7.55. The lowest BCUT2D eigenvalue weighted by atomic mass is 10.1. The number of carbonyl (C=O) groups is 2. The summed E-state index contributed by atoms with van der Waals surface area (Å²) in [5.74, 6) is -0.395. The Labute approximate surface area is 132 Å². The van der Waals surface area contributed by atoms with Crippen molar-refractivity contribution in [2.75, 3.05) is 18.5 Å². The molecule has 1 fully saturated rings. The normalized spacial score (nSPS) is 21.3. The highest BCUT2D eigenvalue weighted by Crippen LogP contribution is 2.43. The molecule has 0 N–H and O–H groups in total. The van der Waals surface area contributed by atoms with Gasteiger partial charge in [0, 0.05) is 19.2 Å². The average Bonchev–Trinajstić information content (AvgIpc) is 2.89. The summed E-state index contributed by atoms with van der Waals surface area (Å²) in [6, 6.07) is 7.45. The van der Waals surface area contributed by atoms with Crippen LogP contribution in [0, 0.1) is 0 Å². The molecular weight excluding hydrogens is 304 g/mol. The van der Waals surface area contributed by atoms with Crippen LogP contribution in [0.4, 0.5) is 5.69 Å². The number of likely N-dealkylation sites (N-methyl/N-ethyl adjacent to an activating group) is 1. The highest BCUT2D eigenvalue weighted by atomic mass is 32.2.